The fourth-order valence-electron chi connectivity index (χ4n) is 4.66. The van der Waals surface area contributed by atoms with Crippen LogP contribution in [0.25, 0.3) is 0 Å². The summed E-state index contributed by atoms with van der Waals surface area (Å²) in [5.41, 5.74) is 3.38. The predicted octanol–water partition coefficient (Wildman–Crippen LogP) is 2.06. The van der Waals surface area contributed by atoms with Gasteiger partial charge in [0.25, 0.3) is 5.91 Å². The highest BCUT2D eigenvalue weighted by molar-refractivity contribution is 6.11. The Hall–Kier alpha value is -3.15. The zero-order valence-corrected chi connectivity index (χ0v) is 15.5. The Morgan fingerprint density at radius 3 is 2.50 bits per heavy atom. The first kappa shape index (κ1) is 17.0. The van der Waals surface area contributed by atoms with E-state index in [1.165, 1.54) is 5.56 Å². The second-order valence-corrected chi connectivity index (χ2v) is 7.77. The van der Waals surface area contributed by atoms with Crippen LogP contribution >= 0.6 is 0 Å². The van der Waals surface area contributed by atoms with Crippen LogP contribution in [-0.4, -0.2) is 41.4 Å². The van der Waals surface area contributed by atoms with Gasteiger partial charge in [0.05, 0.1) is 0 Å². The molecule has 1 saturated heterocycles. The number of nitrogens with zero attached hydrogens (tertiary/aromatic N) is 2. The Balaban J connectivity index is 1.36. The molecule has 2 aromatic carbocycles. The Labute approximate surface area is 163 Å². The monoisotopic (exact) mass is 375 g/mol. The average Bonchev–Trinajstić information content (AvgIpc) is 3.23. The summed E-state index contributed by atoms with van der Waals surface area (Å²) in [6, 6.07) is 15.3. The summed E-state index contributed by atoms with van der Waals surface area (Å²) in [5.74, 6) is -0.505. The van der Waals surface area contributed by atoms with Crippen LogP contribution in [0.15, 0.2) is 48.5 Å². The van der Waals surface area contributed by atoms with Crippen LogP contribution in [-0.2, 0) is 28.9 Å². The van der Waals surface area contributed by atoms with Crippen molar-refractivity contribution in [3.8, 4) is 0 Å². The van der Waals surface area contributed by atoms with E-state index < -0.39 is 11.6 Å². The van der Waals surface area contributed by atoms with Crippen molar-refractivity contribution in [3.05, 3.63) is 65.2 Å². The molecule has 3 aliphatic rings. The number of para-hydroxylation sites is 1. The van der Waals surface area contributed by atoms with Crippen molar-refractivity contribution >= 4 is 23.5 Å². The summed E-state index contributed by atoms with van der Waals surface area (Å²) < 4.78 is 0. The second kappa shape index (κ2) is 6.19. The summed E-state index contributed by atoms with van der Waals surface area (Å²) >= 11 is 0. The minimum Gasteiger partial charge on any atom is -0.323 e. The summed E-state index contributed by atoms with van der Waals surface area (Å²) in [5, 5.41) is 2.89. The molecule has 5 rings (SSSR count). The number of carbonyl (C=O) groups excluding carboxylic acids is 3. The summed E-state index contributed by atoms with van der Waals surface area (Å²) in [6.45, 7) is 0.364. The van der Waals surface area contributed by atoms with Crippen LogP contribution in [0.3, 0.4) is 0 Å². The number of hydrogen-bond acceptors (Lipinski definition) is 3. The lowest BCUT2D eigenvalue weighted by Gasteiger charge is -2.32. The van der Waals surface area contributed by atoms with Gasteiger partial charge in [-0.25, -0.2) is 4.79 Å². The number of imide groups is 1. The van der Waals surface area contributed by atoms with E-state index in [0.717, 1.165) is 34.6 Å². The fraction of sp³-hybridized carbons (Fsp3) is 0.318. The van der Waals surface area contributed by atoms with E-state index in [0.29, 0.717) is 19.4 Å². The van der Waals surface area contributed by atoms with Crippen molar-refractivity contribution < 1.29 is 14.4 Å². The quantitative estimate of drug-likeness (QED) is 0.817. The average molecular weight is 375 g/mol. The van der Waals surface area contributed by atoms with Gasteiger partial charge in [0.15, 0.2) is 0 Å². The smallest absolute Gasteiger partial charge is 0.323 e. The van der Waals surface area contributed by atoms with Gasteiger partial charge < -0.3 is 10.2 Å². The summed E-state index contributed by atoms with van der Waals surface area (Å²) in [7, 11) is 0. The normalized spacial score (nSPS) is 23.0. The third-order valence-corrected chi connectivity index (χ3v) is 6.16. The predicted molar refractivity (Wildman–Crippen MR) is 104 cm³/mol. The first-order valence-corrected chi connectivity index (χ1v) is 9.67. The minimum absolute atomic E-state index is 0.220. The molecular weight excluding hydrogens is 354 g/mol. The molecule has 0 unspecified atom stereocenters. The van der Waals surface area contributed by atoms with E-state index in [-0.39, 0.29) is 18.4 Å². The van der Waals surface area contributed by atoms with Crippen molar-refractivity contribution in [2.45, 2.75) is 31.2 Å². The molecule has 6 nitrogen and oxygen atoms in total. The lowest BCUT2D eigenvalue weighted by atomic mass is 9.78. The Kier molecular flexibility index (Phi) is 3.75. The maximum atomic E-state index is 13.2. The second-order valence-electron chi connectivity index (χ2n) is 7.77. The Bertz CT molecular complexity index is 1000. The van der Waals surface area contributed by atoms with Crippen LogP contribution in [0.2, 0.25) is 0 Å². The van der Waals surface area contributed by atoms with Gasteiger partial charge >= 0.3 is 6.03 Å². The molecule has 1 aliphatic carbocycles. The molecule has 2 aromatic rings. The van der Waals surface area contributed by atoms with Gasteiger partial charge in [0, 0.05) is 18.7 Å². The SMILES string of the molecule is O=C1N[C@]2(CCc3ccccc3C2)C(=O)N1CC(=O)N1CCc2ccccc21. The molecule has 1 N–H and O–H groups in total. The van der Waals surface area contributed by atoms with Gasteiger partial charge in [-0.1, -0.05) is 42.5 Å². The van der Waals surface area contributed by atoms with Gasteiger partial charge in [0.1, 0.15) is 12.1 Å². The van der Waals surface area contributed by atoms with E-state index in [2.05, 4.69) is 11.4 Å². The number of fused-ring (bicyclic) bond motifs is 2. The molecule has 1 spiro atoms. The van der Waals surface area contributed by atoms with Crippen LogP contribution in [0, 0.1) is 0 Å². The molecule has 0 saturated carbocycles. The van der Waals surface area contributed by atoms with E-state index >= 15 is 0 Å². The molecule has 0 bridgehead atoms. The molecule has 0 radical (unpaired) electrons. The van der Waals surface area contributed by atoms with Crippen molar-refractivity contribution in [1.82, 2.24) is 10.2 Å². The number of anilines is 1. The molecule has 2 heterocycles. The highest BCUT2D eigenvalue weighted by atomic mass is 16.2. The summed E-state index contributed by atoms with van der Waals surface area (Å²) in [6.07, 6.45) is 2.57. The lowest BCUT2D eigenvalue weighted by Crippen LogP contribution is -2.51. The van der Waals surface area contributed by atoms with E-state index in [1.807, 2.05) is 42.5 Å². The molecule has 142 valence electrons. The number of rotatable bonds is 2. The van der Waals surface area contributed by atoms with Crippen molar-refractivity contribution in [3.63, 3.8) is 0 Å². The van der Waals surface area contributed by atoms with Gasteiger partial charge in [-0.2, -0.15) is 0 Å². The molecule has 28 heavy (non-hydrogen) atoms. The third-order valence-electron chi connectivity index (χ3n) is 6.16. The van der Waals surface area contributed by atoms with E-state index in [9.17, 15) is 14.4 Å². The summed E-state index contributed by atoms with van der Waals surface area (Å²) in [4.78, 5) is 41.4. The van der Waals surface area contributed by atoms with Gasteiger partial charge in [0.2, 0.25) is 5.91 Å². The number of benzene rings is 2. The number of aryl methyl sites for hydroxylation is 1. The first-order valence-electron chi connectivity index (χ1n) is 9.67. The fourth-order valence-corrected chi connectivity index (χ4v) is 4.66. The van der Waals surface area contributed by atoms with E-state index in [1.54, 1.807) is 4.90 Å². The zero-order chi connectivity index (χ0) is 19.3. The molecule has 4 amide bonds. The van der Waals surface area contributed by atoms with Crippen LogP contribution in [0.5, 0.6) is 0 Å². The largest absolute Gasteiger partial charge is 0.325 e. The van der Waals surface area contributed by atoms with Gasteiger partial charge in [-0.05, 0) is 42.0 Å². The number of amides is 4. The van der Waals surface area contributed by atoms with Crippen molar-refractivity contribution in [1.29, 1.82) is 0 Å². The minimum atomic E-state index is -0.922. The topological polar surface area (TPSA) is 69.7 Å². The van der Waals surface area contributed by atoms with Gasteiger partial charge in [-0.3, -0.25) is 14.5 Å². The molecule has 1 atom stereocenters. The van der Waals surface area contributed by atoms with Crippen molar-refractivity contribution in [2.75, 3.05) is 18.0 Å². The Morgan fingerprint density at radius 1 is 0.964 bits per heavy atom. The van der Waals surface area contributed by atoms with Crippen LogP contribution < -0.4 is 10.2 Å². The maximum absolute atomic E-state index is 13.2. The maximum Gasteiger partial charge on any atom is 0.325 e. The molecule has 0 aromatic heterocycles. The van der Waals surface area contributed by atoms with Crippen molar-refractivity contribution in [2.24, 2.45) is 0 Å². The number of carbonyl (C=O) groups is 3. The Morgan fingerprint density at radius 2 is 1.68 bits per heavy atom. The standard InChI is InChI=1S/C22H21N3O3/c26-19(24-12-10-16-6-3-4-8-18(16)24)14-25-20(27)22(23-21(25)28)11-9-15-5-1-2-7-17(15)13-22/h1-8H,9-14H2,(H,23,28)/t22-/m0/s1. The first-order chi connectivity index (χ1) is 13.6. The molecule has 2 aliphatic heterocycles. The number of hydrogen-bond donors (Lipinski definition) is 1. The molecule has 6 heteroatoms. The third kappa shape index (κ3) is 2.52. The molecular formula is C22H21N3O3. The number of nitrogens with one attached hydrogen (secondary N) is 1. The highest BCUT2D eigenvalue weighted by Crippen LogP contribution is 2.34. The van der Waals surface area contributed by atoms with Crippen LogP contribution in [0.4, 0.5) is 10.5 Å². The van der Waals surface area contributed by atoms with Crippen LogP contribution in [0.1, 0.15) is 23.1 Å². The van der Waals surface area contributed by atoms with Gasteiger partial charge in [-0.15, -0.1) is 0 Å². The highest BCUT2D eigenvalue weighted by Gasteiger charge is 2.52. The van der Waals surface area contributed by atoms with E-state index in [4.69, 9.17) is 0 Å². The number of urea groups is 1. The molecule has 1 fully saturated rings. The lowest BCUT2D eigenvalue weighted by molar-refractivity contribution is -0.134. The zero-order valence-electron chi connectivity index (χ0n) is 15.5.